The van der Waals surface area contributed by atoms with E-state index in [0.29, 0.717) is 6.04 Å². The molecule has 3 nitrogen and oxygen atoms in total. The third kappa shape index (κ3) is 2.12. The van der Waals surface area contributed by atoms with Crippen molar-refractivity contribution in [3.63, 3.8) is 0 Å². The maximum Gasteiger partial charge on any atom is 0.0529 e. The molecule has 0 spiro atoms. The largest absolute Gasteiger partial charge is 0.380 e. The van der Waals surface area contributed by atoms with Crippen molar-refractivity contribution in [1.82, 2.24) is 9.88 Å². The Kier molecular flexibility index (Phi) is 2.33. The first-order valence-corrected chi connectivity index (χ1v) is 5.82. The van der Waals surface area contributed by atoms with Gasteiger partial charge >= 0.3 is 0 Å². The molecule has 0 aromatic carbocycles. The van der Waals surface area contributed by atoms with E-state index in [9.17, 15) is 0 Å². The fourth-order valence-corrected chi connectivity index (χ4v) is 2.36. The molecule has 3 heteroatoms. The van der Waals surface area contributed by atoms with Gasteiger partial charge in [0.15, 0.2) is 0 Å². The van der Waals surface area contributed by atoms with Crippen LogP contribution >= 0.6 is 0 Å². The monoisotopic (exact) mass is 203 g/mol. The lowest BCUT2D eigenvalue weighted by Crippen LogP contribution is -2.27. The van der Waals surface area contributed by atoms with Gasteiger partial charge in [0.05, 0.1) is 5.69 Å². The van der Waals surface area contributed by atoms with Crippen molar-refractivity contribution in [3.8, 4) is 0 Å². The van der Waals surface area contributed by atoms with Crippen LogP contribution in [0.2, 0.25) is 0 Å². The van der Waals surface area contributed by atoms with E-state index in [-0.39, 0.29) is 0 Å². The number of nitrogens with one attached hydrogen (secondary N) is 1. The Bertz CT molecular complexity index is 321. The maximum atomic E-state index is 4.12. The molecule has 0 radical (unpaired) electrons. The van der Waals surface area contributed by atoms with E-state index in [1.54, 1.807) is 0 Å². The second-order valence-electron chi connectivity index (χ2n) is 4.60. The molecule has 2 fully saturated rings. The molecule has 1 aromatic rings. The third-order valence-electron chi connectivity index (χ3n) is 3.32. The highest BCUT2D eigenvalue weighted by molar-refractivity contribution is 5.41. The van der Waals surface area contributed by atoms with Crippen molar-refractivity contribution >= 4 is 5.69 Å². The van der Waals surface area contributed by atoms with Crippen LogP contribution in [0.5, 0.6) is 0 Å². The smallest absolute Gasteiger partial charge is 0.0529 e. The van der Waals surface area contributed by atoms with Gasteiger partial charge in [-0.2, -0.15) is 0 Å². The number of likely N-dealkylation sites (tertiary alicyclic amines) is 1. The first-order chi connectivity index (χ1) is 7.42. The SMILES string of the molecule is c1cncc(NC2CCN(C3CC3)C2)c1. The minimum Gasteiger partial charge on any atom is -0.380 e. The Labute approximate surface area is 90.5 Å². The van der Waals surface area contributed by atoms with Crippen molar-refractivity contribution in [2.24, 2.45) is 0 Å². The van der Waals surface area contributed by atoms with Crippen LogP contribution in [-0.2, 0) is 0 Å². The van der Waals surface area contributed by atoms with Gasteiger partial charge in [-0.1, -0.05) is 0 Å². The van der Waals surface area contributed by atoms with Crippen LogP contribution in [0, 0.1) is 0 Å². The van der Waals surface area contributed by atoms with Gasteiger partial charge in [-0.3, -0.25) is 9.88 Å². The van der Waals surface area contributed by atoms with Crippen LogP contribution in [0.4, 0.5) is 5.69 Å². The molecule has 2 heterocycles. The number of aromatic nitrogens is 1. The Hall–Kier alpha value is -1.09. The Morgan fingerprint density at radius 1 is 1.33 bits per heavy atom. The third-order valence-corrected chi connectivity index (χ3v) is 3.32. The van der Waals surface area contributed by atoms with Gasteiger partial charge < -0.3 is 5.32 Å². The lowest BCUT2D eigenvalue weighted by molar-refractivity contribution is 0.326. The Morgan fingerprint density at radius 3 is 3.00 bits per heavy atom. The summed E-state index contributed by atoms with van der Waals surface area (Å²) in [7, 11) is 0. The molecule has 1 unspecified atom stereocenters. The van der Waals surface area contributed by atoms with Crippen LogP contribution in [0.1, 0.15) is 19.3 Å². The molecule has 1 N–H and O–H groups in total. The van der Waals surface area contributed by atoms with E-state index >= 15 is 0 Å². The maximum absolute atomic E-state index is 4.12. The molecule has 1 saturated carbocycles. The van der Waals surface area contributed by atoms with E-state index in [0.717, 1.165) is 11.7 Å². The standard InChI is InChI=1S/C12H17N3/c1-2-10(8-13-6-1)14-11-5-7-15(9-11)12-3-4-12/h1-2,6,8,11-12,14H,3-5,7,9H2. The normalized spacial score (nSPS) is 26.8. The van der Waals surface area contributed by atoms with E-state index in [1.807, 2.05) is 18.5 Å². The molecule has 0 amide bonds. The van der Waals surface area contributed by atoms with Crippen molar-refractivity contribution in [2.75, 3.05) is 18.4 Å². The summed E-state index contributed by atoms with van der Waals surface area (Å²) in [6.45, 7) is 2.47. The number of nitrogens with zero attached hydrogens (tertiary/aromatic N) is 2. The van der Waals surface area contributed by atoms with Gasteiger partial charge in [-0.05, 0) is 31.4 Å². The zero-order valence-corrected chi connectivity index (χ0v) is 8.89. The van der Waals surface area contributed by atoms with Crippen molar-refractivity contribution in [2.45, 2.75) is 31.3 Å². The quantitative estimate of drug-likeness (QED) is 0.811. The fourth-order valence-electron chi connectivity index (χ4n) is 2.36. The highest BCUT2D eigenvalue weighted by Gasteiger charge is 2.34. The zero-order valence-electron chi connectivity index (χ0n) is 8.89. The lowest BCUT2D eigenvalue weighted by Gasteiger charge is -2.16. The highest BCUT2D eigenvalue weighted by atomic mass is 15.2. The predicted molar refractivity (Wildman–Crippen MR) is 60.9 cm³/mol. The molecule has 1 saturated heterocycles. The first kappa shape index (κ1) is 9.16. The second kappa shape index (κ2) is 3.81. The zero-order chi connectivity index (χ0) is 10.1. The van der Waals surface area contributed by atoms with Crippen molar-refractivity contribution in [3.05, 3.63) is 24.5 Å². The number of pyridine rings is 1. The summed E-state index contributed by atoms with van der Waals surface area (Å²) >= 11 is 0. The topological polar surface area (TPSA) is 28.2 Å². The summed E-state index contributed by atoms with van der Waals surface area (Å²) in [4.78, 5) is 6.74. The van der Waals surface area contributed by atoms with Gasteiger partial charge in [0.25, 0.3) is 0 Å². The highest BCUT2D eigenvalue weighted by Crippen LogP contribution is 2.30. The van der Waals surface area contributed by atoms with Gasteiger partial charge in [0, 0.05) is 37.6 Å². The lowest BCUT2D eigenvalue weighted by atomic mass is 10.2. The van der Waals surface area contributed by atoms with Crippen LogP contribution in [-0.4, -0.2) is 35.1 Å². The molecule has 1 aliphatic heterocycles. The van der Waals surface area contributed by atoms with E-state index < -0.39 is 0 Å². The van der Waals surface area contributed by atoms with Crippen LogP contribution in [0.25, 0.3) is 0 Å². The van der Waals surface area contributed by atoms with Gasteiger partial charge in [0.1, 0.15) is 0 Å². The predicted octanol–water partition coefficient (Wildman–Crippen LogP) is 1.73. The molecule has 1 aliphatic carbocycles. The average molecular weight is 203 g/mol. The van der Waals surface area contributed by atoms with Gasteiger partial charge in [0.2, 0.25) is 0 Å². The molecule has 15 heavy (non-hydrogen) atoms. The van der Waals surface area contributed by atoms with Gasteiger partial charge in [-0.25, -0.2) is 0 Å². The summed E-state index contributed by atoms with van der Waals surface area (Å²) < 4.78 is 0. The summed E-state index contributed by atoms with van der Waals surface area (Å²) in [5, 5.41) is 3.55. The summed E-state index contributed by atoms with van der Waals surface area (Å²) in [5.74, 6) is 0. The van der Waals surface area contributed by atoms with Crippen LogP contribution in [0.15, 0.2) is 24.5 Å². The van der Waals surface area contributed by atoms with Crippen LogP contribution in [0.3, 0.4) is 0 Å². The van der Waals surface area contributed by atoms with Crippen LogP contribution < -0.4 is 5.32 Å². The van der Waals surface area contributed by atoms with Gasteiger partial charge in [-0.15, -0.1) is 0 Å². The number of hydrogen-bond donors (Lipinski definition) is 1. The summed E-state index contributed by atoms with van der Waals surface area (Å²) in [6.07, 6.45) is 7.82. The van der Waals surface area contributed by atoms with E-state index in [2.05, 4.69) is 21.3 Å². The molecular formula is C12H17N3. The molecule has 0 bridgehead atoms. The molecule has 2 aliphatic rings. The summed E-state index contributed by atoms with van der Waals surface area (Å²) in [6, 6.07) is 5.60. The Balaban J connectivity index is 1.56. The number of hydrogen-bond acceptors (Lipinski definition) is 3. The van der Waals surface area contributed by atoms with Crippen molar-refractivity contribution < 1.29 is 0 Å². The number of anilines is 1. The minimum absolute atomic E-state index is 0.620. The molecular weight excluding hydrogens is 186 g/mol. The fraction of sp³-hybridized carbons (Fsp3) is 0.583. The average Bonchev–Trinajstić information content (AvgIpc) is 3.02. The molecule has 1 aromatic heterocycles. The second-order valence-corrected chi connectivity index (χ2v) is 4.60. The minimum atomic E-state index is 0.620. The van der Waals surface area contributed by atoms with Crippen molar-refractivity contribution in [1.29, 1.82) is 0 Å². The van der Waals surface area contributed by atoms with E-state index in [4.69, 9.17) is 0 Å². The Morgan fingerprint density at radius 2 is 2.27 bits per heavy atom. The molecule has 3 rings (SSSR count). The first-order valence-electron chi connectivity index (χ1n) is 5.82. The van der Waals surface area contributed by atoms with E-state index in [1.165, 1.54) is 32.4 Å². The summed E-state index contributed by atoms with van der Waals surface area (Å²) in [5.41, 5.74) is 1.15. The molecule has 80 valence electrons. The number of rotatable bonds is 3. The molecule has 1 atom stereocenters.